The van der Waals surface area contributed by atoms with Gasteiger partial charge >= 0.3 is 0 Å². The Balaban J connectivity index is 2.34. The summed E-state index contributed by atoms with van der Waals surface area (Å²) in [5.74, 6) is 2.00. The average Bonchev–Trinajstić information content (AvgIpc) is 2.66. The van der Waals surface area contributed by atoms with E-state index < -0.39 is 0 Å². The Hall–Kier alpha value is -3.01. The number of carbonyl (C=O) groups is 1. The van der Waals surface area contributed by atoms with E-state index in [0.29, 0.717) is 29.2 Å². The zero-order valence-corrected chi connectivity index (χ0v) is 14.7. The Labute approximate surface area is 148 Å². The van der Waals surface area contributed by atoms with E-state index >= 15 is 0 Å². The van der Waals surface area contributed by atoms with E-state index in [9.17, 15) is 4.79 Å². The highest BCUT2D eigenvalue weighted by molar-refractivity contribution is 6.07. The van der Waals surface area contributed by atoms with E-state index in [1.807, 2.05) is 12.1 Å². The third-order valence-corrected chi connectivity index (χ3v) is 3.81. The van der Waals surface area contributed by atoms with Gasteiger partial charge in [0.05, 0.1) is 21.3 Å². The predicted octanol–water partition coefficient (Wildman–Crippen LogP) is 4.34. The maximum atomic E-state index is 12.4. The van der Waals surface area contributed by atoms with E-state index in [1.54, 1.807) is 63.8 Å². The summed E-state index contributed by atoms with van der Waals surface area (Å²) >= 11 is 0. The second kappa shape index (κ2) is 8.73. The highest BCUT2D eigenvalue weighted by atomic mass is 16.5. The Kier molecular flexibility index (Phi) is 6.40. The van der Waals surface area contributed by atoms with E-state index in [1.165, 1.54) is 0 Å². The van der Waals surface area contributed by atoms with Gasteiger partial charge in [0.15, 0.2) is 5.78 Å². The maximum absolute atomic E-state index is 12.4. The summed E-state index contributed by atoms with van der Waals surface area (Å²) < 4.78 is 15.9. The van der Waals surface area contributed by atoms with Crippen molar-refractivity contribution >= 4 is 11.9 Å². The molecule has 25 heavy (non-hydrogen) atoms. The number of hydrogen-bond donors (Lipinski definition) is 0. The van der Waals surface area contributed by atoms with Gasteiger partial charge in [-0.1, -0.05) is 12.2 Å². The summed E-state index contributed by atoms with van der Waals surface area (Å²) in [5, 5.41) is 0. The molecule has 0 N–H and O–H groups in total. The average molecular weight is 338 g/mol. The molecule has 0 aliphatic carbocycles. The van der Waals surface area contributed by atoms with Crippen molar-refractivity contribution in [2.45, 2.75) is 6.42 Å². The first-order valence-corrected chi connectivity index (χ1v) is 7.85. The van der Waals surface area contributed by atoms with Crippen LogP contribution in [0.3, 0.4) is 0 Å². The highest BCUT2D eigenvalue weighted by Crippen LogP contribution is 2.30. The number of rotatable bonds is 8. The highest BCUT2D eigenvalue weighted by Gasteiger charge is 2.10. The van der Waals surface area contributed by atoms with Crippen molar-refractivity contribution in [3.8, 4) is 17.2 Å². The third-order valence-electron chi connectivity index (χ3n) is 3.81. The molecule has 0 spiro atoms. The Morgan fingerprint density at radius 1 is 1.00 bits per heavy atom. The van der Waals surface area contributed by atoms with E-state index in [4.69, 9.17) is 14.2 Å². The molecule has 0 bridgehead atoms. The normalized spacial score (nSPS) is 10.5. The largest absolute Gasteiger partial charge is 0.497 e. The second-order valence-corrected chi connectivity index (χ2v) is 5.32. The van der Waals surface area contributed by atoms with E-state index in [2.05, 4.69) is 6.58 Å². The Morgan fingerprint density at radius 3 is 2.24 bits per heavy atom. The van der Waals surface area contributed by atoms with Crippen LogP contribution < -0.4 is 14.2 Å². The van der Waals surface area contributed by atoms with Crippen LogP contribution in [0.2, 0.25) is 0 Å². The third kappa shape index (κ3) is 4.51. The van der Waals surface area contributed by atoms with Crippen LogP contribution in [0.1, 0.15) is 21.5 Å². The van der Waals surface area contributed by atoms with Crippen molar-refractivity contribution in [2.24, 2.45) is 0 Å². The number of carbonyl (C=O) groups excluding carboxylic acids is 1. The Morgan fingerprint density at radius 2 is 1.68 bits per heavy atom. The number of allylic oxidation sites excluding steroid dienone is 2. The fraction of sp³-hybridized carbons (Fsp3) is 0.190. The van der Waals surface area contributed by atoms with Crippen molar-refractivity contribution in [1.29, 1.82) is 0 Å². The molecule has 130 valence electrons. The van der Waals surface area contributed by atoms with Gasteiger partial charge < -0.3 is 14.2 Å². The van der Waals surface area contributed by atoms with Crippen molar-refractivity contribution in [1.82, 2.24) is 0 Å². The zero-order valence-electron chi connectivity index (χ0n) is 14.7. The topological polar surface area (TPSA) is 44.8 Å². The molecule has 0 aromatic heterocycles. The molecule has 0 amide bonds. The lowest BCUT2D eigenvalue weighted by molar-refractivity contribution is 0.104. The molecule has 0 unspecified atom stereocenters. The van der Waals surface area contributed by atoms with Crippen LogP contribution in [0.25, 0.3) is 6.08 Å². The smallest absolute Gasteiger partial charge is 0.185 e. The van der Waals surface area contributed by atoms with Crippen LogP contribution in [-0.2, 0) is 6.42 Å². The minimum absolute atomic E-state index is 0.0889. The first-order valence-electron chi connectivity index (χ1n) is 7.85. The fourth-order valence-corrected chi connectivity index (χ4v) is 2.47. The lowest BCUT2D eigenvalue weighted by Gasteiger charge is -2.13. The molecular weight excluding hydrogens is 316 g/mol. The molecule has 0 aliphatic rings. The number of ether oxygens (including phenoxy) is 3. The van der Waals surface area contributed by atoms with Crippen LogP contribution >= 0.6 is 0 Å². The van der Waals surface area contributed by atoms with E-state index in [0.717, 1.165) is 11.1 Å². The number of hydrogen-bond acceptors (Lipinski definition) is 4. The zero-order chi connectivity index (χ0) is 18.2. The van der Waals surface area contributed by atoms with Crippen molar-refractivity contribution in [2.75, 3.05) is 21.3 Å². The van der Waals surface area contributed by atoms with Gasteiger partial charge in [-0.25, -0.2) is 0 Å². The summed E-state index contributed by atoms with van der Waals surface area (Å²) in [6, 6.07) is 10.7. The van der Waals surface area contributed by atoms with Gasteiger partial charge in [0.2, 0.25) is 0 Å². The first-order chi connectivity index (χ1) is 12.1. The van der Waals surface area contributed by atoms with Crippen LogP contribution in [0.4, 0.5) is 0 Å². The van der Waals surface area contributed by atoms with Crippen molar-refractivity contribution in [3.05, 3.63) is 71.8 Å². The molecule has 0 radical (unpaired) electrons. The van der Waals surface area contributed by atoms with Gasteiger partial charge in [0.1, 0.15) is 17.2 Å². The molecule has 0 heterocycles. The summed E-state index contributed by atoms with van der Waals surface area (Å²) in [6.07, 6.45) is 5.75. The van der Waals surface area contributed by atoms with Gasteiger partial charge in [-0.05, 0) is 48.4 Å². The Bertz CT molecular complexity index is 773. The van der Waals surface area contributed by atoms with Crippen LogP contribution in [0.15, 0.2) is 55.1 Å². The minimum Gasteiger partial charge on any atom is -0.497 e. The van der Waals surface area contributed by atoms with Crippen LogP contribution in [0.5, 0.6) is 17.2 Å². The quantitative estimate of drug-likeness (QED) is 0.408. The summed E-state index contributed by atoms with van der Waals surface area (Å²) in [6.45, 7) is 3.78. The summed E-state index contributed by atoms with van der Waals surface area (Å²) in [4.78, 5) is 12.4. The van der Waals surface area contributed by atoms with Gasteiger partial charge in [-0.15, -0.1) is 6.58 Å². The standard InChI is InChI=1S/C21H22O4/c1-5-6-19-16(13-18(24-3)14-21(19)25-4)9-12-20(22)15-7-10-17(23-2)11-8-15/h5,7-14H,1,6H2,2-4H3. The molecule has 0 fully saturated rings. The van der Waals surface area contributed by atoms with E-state index in [-0.39, 0.29) is 5.78 Å². The molecule has 2 rings (SSSR count). The predicted molar refractivity (Wildman–Crippen MR) is 99.8 cm³/mol. The number of ketones is 1. The van der Waals surface area contributed by atoms with Gasteiger partial charge in [0.25, 0.3) is 0 Å². The summed E-state index contributed by atoms with van der Waals surface area (Å²) in [5.41, 5.74) is 2.41. The molecule has 2 aromatic rings. The molecule has 4 heteroatoms. The van der Waals surface area contributed by atoms with Crippen LogP contribution in [0, 0.1) is 0 Å². The van der Waals surface area contributed by atoms with Gasteiger partial charge in [-0.3, -0.25) is 4.79 Å². The molecule has 2 aromatic carbocycles. The maximum Gasteiger partial charge on any atom is 0.185 e. The van der Waals surface area contributed by atoms with Gasteiger partial charge in [0, 0.05) is 17.2 Å². The SMILES string of the molecule is C=CCc1c(C=CC(=O)c2ccc(OC)cc2)cc(OC)cc1OC. The second-order valence-electron chi connectivity index (χ2n) is 5.32. The van der Waals surface area contributed by atoms with Crippen molar-refractivity contribution in [3.63, 3.8) is 0 Å². The number of benzene rings is 2. The molecule has 0 saturated carbocycles. The molecular formula is C21H22O4. The lowest BCUT2D eigenvalue weighted by atomic mass is 10.0. The van der Waals surface area contributed by atoms with Gasteiger partial charge in [-0.2, -0.15) is 0 Å². The van der Waals surface area contributed by atoms with Crippen LogP contribution in [-0.4, -0.2) is 27.1 Å². The monoisotopic (exact) mass is 338 g/mol. The molecule has 0 atom stereocenters. The number of methoxy groups -OCH3 is 3. The molecule has 0 aliphatic heterocycles. The minimum atomic E-state index is -0.0889. The molecule has 4 nitrogen and oxygen atoms in total. The molecule has 0 saturated heterocycles. The summed E-state index contributed by atoms with van der Waals surface area (Å²) in [7, 11) is 4.79. The fourth-order valence-electron chi connectivity index (χ4n) is 2.47. The lowest BCUT2D eigenvalue weighted by Crippen LogP contribution is -1.98. The van der Waals surface area contributed by atoms with Crippen molar-refractivity contribution < 1.29 is 19.0 Å². The first kappa shape index (κ1) is 18.3.